The zero-order valence-electron chi connectivity index (χ0n) is 12.4. The van der Waals surface area contributed by atoms with Gasteiger partial charge in [-0.25, -0.2) is 0 Å². The van der Waals surface area contributed by atoms with Crippen molar-refractivity contribution >= 4 is 12.0 Å². The van der Waals surface area contributed by atoms with Gasteiger partial charge in [0.1, 0.15) is 17.4 Å². The third-order valence-corrected chi connectivity index (χ3v) is 3.13. The summed E-state index contributed by atoms with van der Waals surface area (Å²) in [6.07, 6.45) is 2.43. The summed E-state index contributed by atoms with van der Waals surface area (Å²) in [7, 11) is 1.60. The highest BCUT2D eigenvalue weighted by atomic mass is 16.5. The van der Waals surface area contributed by atoms with Gasteiger partial charge >= 0.3 is 0 Å². The summed E-state index contributed by atoms with van der Waals surface area (Å²) in [5.41, 5.74) is 1.90. The maximum atomic E-state index is 12.0. The van der Waals surface area contributed by atoms with E-state index in [1.807, 2.05) is 39.0 Å². The van der Waals surface area contributed by atoms with Gasteiger partial charge in [-0.1, -0.05) is 13.0 Å². The van der Waals surface area contributed by atoms with Crippen LogP contribution in [0.4, 0.5) is 0 Å². The van der Waals surface area contributed by atoms with Gasteiger partial charge in [0.25, 0.3) is 5.91 Å². The quantitative estimate of drug-likeness (QED) is 0.662. The Morgan fingerprint density at radius 1 is 1.55 bits per heavy atom. The number of hydrogen-bond acceptors (Lipinski definition) is 3. The van der Waals surface area contributed by atoms with E-state index in [4.69, 9.17) is 10.00 Å². The first-order chi connectivity index (χ1) is 9.51. The molecule has 0 heterocycles. The van der Waals surface area contributed by atoms with Crippen molar-refractivity contribution in [3.05, 3.63) is 34.9 Å². The lowest BCUT2D eigenvalue weighted by molar-refractivity contribution is -0.117. The second-order valence-corrected chi connectivity index (χ2v) is 4.68. The van der Waals surface area contributed by atoms with Gasteiger partial charge in [-0.3, -0.25) is 4.79 Å². The lowest BCUT2D eigenvalue weighted by Gasteiger charge is -2.11. The number of nitrogens with zero attached hydrogens (tertiary/aromatic N) is 1. The third kappa shape index (κ3) is 4.13. The Kier molecular flexibility index (Phi) is 5.79. The summed E-state index contributed by atoms with van der Waals surface area (Å²) in [6.45, 7) is 5.80. The average molecular weight is 272 g/mol. The van der Waals surface area contributed by atoms with Gasteiger partial charge < -0.3 is 10.1 Å². The van der Waals surface area contributed by atoms with Crippen LogP contribution in [0, 0.1) is 18.3 Å². The number of nitriles is 1. The molecule has 0 aliphatic heterocycles. The Morgan fingerprint density at radius 3 is 2.75 bits per heavy atom. The predicted octanol–water partition coefficient (Wildman–Crippen LogP) is 2.83. The molecule has 4 heteroatoms. The first kappa shape index (κ1) is 15.8. The van der Waals surface area contributed by atoms with Crippen LogP contribution in [0.2, 0.25) is 0 Å². The fourth-order valence-corrected chi connectivity index (χ4v) is 1.64. The topological polar surface area (TPSA) is 62.1 Å². The molecular formula is C16H20N2O2. The van der Waals surface area contributed by atoms with Crippen molar-refractivity contribution in [3.8, 4) is 11.8 Å². The predicted molar refractivity (Wildman–Crippen MR) is 79.2 cm³/mol. The first-order valence-electron chi connectivity index (χ1n) is 6.59. The van der Waals surface area contributed by atoms with Crippen molar-refractivity contribution in [2.45, 2.75) is 33.2 Å². The van der Waals surface area contributed by atoms with Crippen LogP contribution in [0.3, 0.4) is 0 Å². The van der Waals surface area contributed by atoms with Crippen LogP contribution in [0.25, 0.3) is 6.08 Å². The van der Waals surface area contributed by atoms with Crippen molar-refractivity contribution in [2.75, 3.05) is 7.11 Å². The molecule has 0 saturated carbocycles. The van der Waals surface area contributed by atoms with E-state index in [2.05, 4.69) is 5.32 Å². The number of rotatable bonds is 5. The molecule has 0 aromatic heterocycles. The van der Waals surface area contributed by atoms with Gasteiger partial charge in [-0.2, -0.15) is 5.26 Å². The van der Waals surface area contributed by atoms with Gasteiger partial charge in [-0.05, 0) is 49.6 Å². The Bertz CT molecular complexity index is 556. The van der Waals surface area contributed by atoms with Crippen molar-refractivity contribution in [3.63, 3.8) is 0 Å². The molecule has 0 aliphatic rings. The molecule has 1 rings (SSSR count). The summed E-state index contributed by atoms with van der Waals surface area (Å²) in [5.74, 6) is 0.416. The average Bonchev–Trinajstić information content (AvgIpc) is 2.45. The molecule has 20 heavy (non-hydrogen) atoms. The minimum Gasteiger partial charge on any atom is -0.497 e. The van der Waals surface area contributed by atoms with Crippen LogP contribution >= 0.6 is 0 Å². The second kappa shape index (κ2) is 7.34. The van der Waals surface area contributed by atoms with Crippen molar-refractivity contribution < 1.29 is 9.53 Å². The maximum absolute atomic E-state index is 12.0. The summed E-state index contributed by atoms with van der Waals surface area (Å²) in [6, 6.07) is 7.52. The molecule has 1 aromatic rings. The molecule has 0 radical (unpaired) electrons. The van der Waals surface area contributed by atoms with E-state index in [-0.39, 0.29) is 17.5 Å². The zero-order valence-corrected chi connectivity index (χ0v) is 12.4. The van der Waals surface area contributed by atoms with Crippen LogP contribution in [-0.2, 0) is 4.79 Å². The minimum atomic E-state index is -0.336. The summed E-state index contributed by atoms with van der Waals surface area (Å²) in [4.78, 5) is 12.0. The van der Waals surface area contributed by atoms with Crippen LogP contribution < -0.4 is 10.1 Å². The fraction of sp³-hybridized carbons (Fsp3) is 0.375. The van der Waals surface area contributed by atoms with Gasteiger partial charge in [-0.15, -0.1) is 0 Å². The molecule has 1 N–H and O–H groups in total. The Hall–Kier alpha value is -2.28. The van der Waals surface area contributed by atoms with E-state index in [9.17, 15) is 4.79 Å². The number of methoxy groups -OCH3 is 1. The van der Waals surface area contributed by atoms with E-state index >= 15 is 0 Å². The van der Waals surface area contributed by atoms with Crippen LogP contribution in [0.15, 0.2) is 23.8 Å². The fourth-order valence-electron chi connectivity index (χ4n) is 1.64. The number of aryl methyl sites for hydroxylation is 1. The van der Waals surface area contributed by atoms with E-state index in [0.717, 1.165) is 23.3 Å². The van der Waals surface area contributed by atoms with E-state index in [1.54, 1.807) is 19.3 Å². The van der Waals surface area contributed by atoms with E-state index in [0.29, 0.717) is 0 Å². The second-order valence-electron chi connectivity index (χ2n) is 4.68. The van der Waals surface area contributed by atoms with Gasteiger partial charge in [0.2, 0.25) is 0 Å². The van der Waals surface area contributed by atoms with E-state index in [1.165, 1.54) is 0 Å². The lowest BCUT2D eigenvalue weighted by atomic mass is 10.0. The normalized spacial score (nSPS) is 12.4. The number of nitrogens with one attached hydrogen (secondary N) is 1. The number of carbonyl (C=O) groups excluding carboxylic acids is 1. The van der Waals surface area contributed by atoms with Crippen LogP contribution in [0.1, 0.15) is 31.4 Å². The number of carbonyl (C=O) groups is 1. The third-order valence-electron chi connectivity index (χ3n) is 3.13. The minimum absolute atomic E-state index is 0.0521. The Morgan fingerprint density at radius 2 is 2.25 bits per heavy atom. The molecule has 1 atom stereocenters. The molecule has 106 valence electrons. The highest BCUT2D eigenvalue weighted by Gasteiger charge is 2.12. The number of amides is 1. The molecule has 0 bridgehead atoms. The highest BCUT2D eigenvalue weighted by molar-refractivity contribution is 6.01. The molecule has 0 aliphatic carbocycles. The smallest absolute Gasteiger partial charge is 0.262 e. The number of ether oxygens (including phenoxy) is 1. The summed E-state index contributed by atoms with van der Waals surface area (Å²) < 4.78 is 5.13. The highest BCUT2D eigenvalue weighted by Crippen LogP contribution is 2.19. The zero-order chi connectivity index (χ0) is 15.1. The molecule has 4 nitrogen and oxygen atoms in total. The monoisotopic (exact) mass is 272 g/mol. The SMILES string of the molecule is CC[C@H](C)NC(=O)/C(C#N)=C/c1ccc(OC)cc1C. The molecular weight excluding hydrogens is 252 g/mol. The van der Waals surface area contributed by atoms with Crippen molar-refractivity contribution in [2.24, 2.45) is 0 Å². The van der Waals surface area contributed by atoms with Crippen molar-refractivity contribution in [1.29, 1.82) is 5.26 Å². The summed E-state index contributed by atoms with van der Waals surface area (Å²) >= 11 is 0. The molecule has 1 aromatic carbocycles. The standard InChI is InChI=1S/C16H20N2O2/c1-5-12(3)18-16(19)14(10-17)9-13-6-7-15(20-4)8-11(13)2/h6-9,12H,5H2,1-4H3,(H,18,19)/b14-9+/t12-/m0/s1. The number of hydrogen-bond donors (Lipinski definition) is 1. The molecule has 0 fully saturated rings. The van der Waals surface area contributed by atoms with E-state index < -0.39 is 0 Å². The maximum Gasteiger partial charge on any atom is 0.262 e. The van der Waals surface area contributed by atoms with Gasteiger partial charge in [0.15, 0.2) is 0 Å². The lowest BCUT2D eigenvalue weighted by Crippen LogP contribution is -2.32. The largest absolute Gasteiger partial charge is 0.497 e. The van der Waals surface area contributed by atoms with Gasteiger partial charge in [0, 0.05) is 6.04 Å². The first-order valence-corrected chi connectivity index (χ1v) is 6.59. The van der Waals surface area contributed by atoms with Gasteiger partial charge in [0.05, 0.1) is 7.11 Å². The molecule has 0 saturated heterocycles. The Labute approximate surface area is 120 Å². The summed E-state index contributed by atoms with van der Waals surface area (Å²) in [5, 5.41) is 11.9. The molecule has 0 unspecified atom stereocenters. The number of benzene rings is 1. The van der Waals surface area contributed by atoms with Crippen LogP contribution in [-0.4, -0.2) is 19.1 Å². The van der Waals surface area contributed by atoms with Crippen LogP contribution in [0.5, 0.6) is 5.75 Å². The molecule has 0 spiro atoms. The molecule has 1 amide bonds. The van der Waals surface area contributed by atoms with Crippen molar-refractivity contribution in [1.82, 2.24) is 5.32 Å². The Balaban J connectivity index is 3.00.